The van der Waals surface area contributed by atoms with Gasteiger partial charge in [-0.05, 0) is 37.6 Å². The third-order valence-electron chi connectivity index (χ3n) is 4.73. The van der Waals surface area contributed by atoms with Gasteiger partial charge < -0.3 is 10.2 Å². The first-order valence-electron chi connectivity index (χ1n) is 7.55. The molecule has 1 aromatic rings. The quantitative estimate of drug-likeness (QED) is 0.876. The molecule has 1 aromatic carbocycles. The van der Waals surface area contributed by atoms with Crippen molar-refractivity contribution >= 4 is 5.91 Å². The molecule has 1 amide bonds. The summed E-state index contributed by atoms with van der Waals surface area (Å²) in [7, 11) is 3.82. The van der Waals surface area contributed by atoms with Crippen LogP contribution in [0.4, 0.5) is 8.78 Å². The first-order valence-corrected chi connectivity index (χ1v) is 7.55. The highest BCUT2D eigenvalue weighted by Gasteiger charge is 2.62. The molecule has 1 aliphatic carbocycles. The Kier molecular flexibility index (Phi) is 4.57. The van der Waals surface area contributed by atoms with E-state index in [0.717, 1.165) is 12.5 Å². The van der Waals surface area contributed by atoms with Crippen LogP contribution in [-0.4, -0.2) is 38.0 Å². The van der Waals surface area contributed by atoms with E-state index in [1.807, 2.05) is 32.8 Å². The van der Waals surface area contributed by atoms with Gasteiger partial charge in [0.1, 0.15) is 11.6 Å². The fourth-order valence-electron chi connectivity index (χ4n) is 3.11. The first kappa shape index (κ1) is 16.9. The molecule has 3 nitrogen and oxygen atoms in total. The molecule has 1 unspecified atom stereocenters. The van der Waals surface area contributed by atoms with Gasteiger partial charge in [0, 0.05) is 31.0 Å². The summed E-state index contributed by atoms with van der Waals surface area (Å²) >= 11 is 0. The second-order valence-corrected chi connectivity index (χ2v) is 7.10. The fraction of sp³-hybridized carbons (Fsp3) is 0.588. The zero-order valence-electron chi connectivity index (χ0n) is 13.7. The third kappa shape index (κ3) is 3.29. The van der Waals surface area contributed by atoms with E-state index < -0.39 is 17.0 Å². The van der Waals surface area contributed by atoms with Gasteiger partial charge in [0.25, 0.3) is 0 Å². The molecule has 0 aromatic heterocycles. The van der Waals surface area contributed by atoms with Gasteiger partial charge in [-0.1, -0.05) is 19.9 Å². The van der Waals surface area contributed by atoms with E-state index in [4.69, 9.17) is 0 Å². The van der Waals surface area contributed by atoms with E-state index in [1.165, 1.54) is 12.1 Å². The number of benzene rings is 1. The van der Waals surface area contributed by atoms with Crippen molar-refractivity contribution in [2.45, 2.75) is 32.1 Å². The van der Waals surface area contributed by atoms with Crippen molar-refractivity contribution in [2.24, 2.45) is 5.41 Å². The maximum Gasteiger partial charge on any atom is 0.221 e. The molecule has 1 atom stereocenters. The minimum absolute atomic E-state index is 0.0432. The summed E-state index contributed by atoms with van der Waals surface area (Å²) in [5.41, 5.74) is -0.0641. The van der Waals surface area contributed by atoms with Crippen LogP contribution in [0, 0.1) is 17.0 Å². The number of halogens is 2. The molecule has 5 heteroatoms. The van der Waals surface area contributed by atoms with Crippen LogP contribution in [0.25, 0.3) is 0 Å². The van der Waals surface area contributed by atoms with Gasteiger partial charge in [-0.3, -0.25) is 4.79 Å². The normalized spacial score (nSPS) is 22.7. The van der Waals surface area contributed by atoms with E-state index >= 15 is 0 Å². The largest absolute Gasteiger partial charge is 0.355 e. The van der Waals surface area contributed by atoms with Crippen LogP contribution in [0.15, 0.2) is 18.2 Å². The zero-order chi connectivity index (χ0) is 16.5. The number of carbonyl (C=O) groups excluding carboxylic acids is 1. The van der Waals surface area contributed by atoms with Gasteiger partial charge in [0.15, 0.2) is 0 Å². The predicted octanol–water partition coefficient (Wildman–Crippen LogP) is 2.70. The topological polar surface area (TPSA) is 32.3 Å². The number of nitrogens with one attached hydrogen (secondary N) is 1. The summed E-state index contributed by atoms with van der Waals surface area (Å²) in [4.78, 5) is 13.9. The van der Waals surface area contributed by atoms with Crippen molar-refractivity contribution in [3.63, 3.8) is 0 Å². The van der Waals surface area contributed by atoms with Crippen LogP contribution < -0.4 is 5.32 Å². The molecule has 0 bridgehead atoms. The van der Waals surface area contributed by atoms with Crippen LogP contribution in [0.2, 0.25) is 0 Å². The highest BCUT2D eigenvalue weighted by molar-refractivity contribution is 5.76. The minimum Gasteiger partial charge on any atom is -0.355 e. The number of carbonyl (C=O) groups is 1. The second-order valence-electron chi connectivity index (χ2n) is 7.10. The van der Waals surface area contributed by atoms with Gasteiger partial charge in [-0.2, -0.15) is 0 Å². The Morgan fingerprint density at radius 1 is 1.32 bits per heavy atom. The van der Waals surface area contributed by atoms with Gasteiger partial charge in [0.05, 0.1) is 0 Å². The fourth-order valence-corrected chi connectivity index (χ4v) is 3.11. The predicted molar refractivity (Wildman–Crippen MR) is 82.6 cm³/mol. The summed E-state index contributed by atoms with van der Waals surface area (Å²) < 4.78 is 27.3. The molecule has 0 aliphatic heterocycles. The van der Waals surface area contributed by atoms with Crippen LogP contribution in [-0.2, 0) is 10.2 Å². The number of rotatable bonds is 6. The average Bonchev–Trinajstić information content (AvgIpc) is 2.96. The van der Waals surface area contributed by atoms with Crippen molar-refractivity contribution in [1.82, 2.24) is 10.2 Å². The average molecular weight is 310 g/mol. The molecule has 1 saturated carbocycles. The monoisotopic (exact) mass is 310 g/mol. The molecule has 0 heterocycles. The summed E-state index contributed by atoms with van der Waals surface area (Å²) in [6.45, 7) is 5.14. The number of hydrogen-bond acceptors (Lipinski definition) is 2. The van der Waals surface area contributed by atoms with Crippen LogP contribution in [0.1, 0.15) is 32.3 Å². The standard InChI is InChI=1S/C17H24F2N2O/c1-16(2)10-17(16,11-20-15(22)7-8-21(3)4)13-6-5-12(18)9-14(13)19/h5-6,9H,7-8,10-11H2,1-4H3,(H,20,22). The van der Waals surface area contributed by atoms with Crippen LogP contribution in [0.3, 0.4) is 0 Å². The lowest BCUT2D eigenvalue weighted by atomic mass is 9.87. The van der Waals surface area contributed by atoms with Gasteiger partial charge in [-0.15, -0.1) is 0 Å². The number of nitrogens with zero attached hydrogens (tertiary/aromatic N) is 1. The Balaban J connectivity index is 2.09. The van der Waals surface area contributed by atoms with Crippen molar-refractivity contribution in [3.05, 3.63) is 35.4 Å². The molecule has 122 valence electrons. The molecule has 1 aliphatic rings. The zero-order valence-corrected chi connectivity index (χ0v) is 13.7. The smallest absolute Gasteiger partial charge is 0.221 e. The summed E-state index contributed by atoms with van der Waals surface area (Å²) in [5, 5.41) is 2.91. The number of hydrogen-bond donors (Lipinski definition) is 1. The summed E-state index contributed by atoms with van der Waals surface area (Å²) in [5.74, 6) is -1.16. The molecular weight excluding hydrogens is 286 g/mol. The summed E-state index contributed by atoms with van der Waals surface area (Å²) in [6, 6.07) is 3.70. The van der Waals surface area contributed by atoms with Crippen LogP contribution in [0.5, 0.6) is 0 Å². The van der Waals surface area contributed by atoms with Crippen molar-refractivity contribution < 1.29 is 13.6 Å². The maximum atomic E-state index is 14.1. The summed E-state index contributed by atoms with van der Waals surface area (Å²) in [6.07, 6.45) is 1.19. The second kappa shape index (κ2) is 5.95. The third-order valence-corrected chi connectivity index (χ3v) is 4.73. The molecule has 2 rings (SSSR count). The first-order chi connectivity index (χ1) is 10.2. The minimum atomic E-state index is -0.579. The van der Waals surface area contributed by atoms with E-state index in [-0.39, 0.29) is 11.3 Å². The molecule has 22 heavy (non-hydrogen) atoms. The van der Waals surface area contributed by atoms with Crippen LogP contribution >= 0.6 is 0 Å². The van der Waals surface area contributed by atoms with Crippen molar-refractivity contribution in [1.29, 1.82) is 0 Å². The Morgan fingerprint density at radius 3 is 2.45 bits per heavy atom. The highest BCUT2D eigenvalue weighted by Crippen LogP contribution is 2.64. The lowest BCUT2D eigenvalue weighted by molar-refractivity contribution is -0.121. The lowest BCUT2D eigenvalue weighted by Crippen LogP contribution is -2.36. The molecule has 0 radical (unpaired) electrons. The van der Waals surface area contributed by atoms with E-state index in [1.54, 1.807) is 0 Å². The molecule has 1 fully saturated rings. The van der Waals surface area contributed by atoms with E-state index in [2.05, 4.69) is 5.32 Å². The number of amides is 1. The Bertz CT molecular complexity index is 572. The highest BCUT2D eigenvalue weighted by atomic mass is 19.1. The lowest BCUT2D eigenvalue weighted by Gasteiger charge is -2.22. The van der Waals surface area contributed by atoms with Gasteiger partial charge in [0.2, 0.25) is 5.91 Å². The molecule has 0 saturated heterocycles. The van der Waals surface area contributed by atoms with E-state index in [0.29, 0.717) is 25.1 Å². The van der Waals surface area contributed by atoms with Crippen molar-refractivity contribution in [2.75, 3.05) is 27.2 Å². The molecular formula is C17H24F2N2O. The van der Waals surface area contributed by atoms with Gasteiger partial charge >= 0.3 is 0 Å². The SMILES string of the molecule is CN(C)CCC(=O)NCC1(c2ccc(F)cc2F)CC1(C)C. The maximum absolute atomic E-state index is 14.1. The van der Waals surface area contributed by atoms with Crippen molar-refractivity contribution in [3.8, 4) is 0 Å². The molecule has 0 spiro atoms. The Labute approximate surface area is 130 Å². The molecule has 1 N–H and O–H groups in total. The Hall–Kier alpha value is -1.49. The Morgan fingerprint density at radius 2 is 1.95 bits per heavy atom. The van der Waals surface area contributed by atoms with E-state index in [9.17, 15) is 13.6 Å². The van der Waals surface area contributed by atoms with Gasteiger partial charge in [-0.25, -0.2) is 8.78 Å².